The van der Waals surface area contributed by atoms with Gasteiger partial charge in [0.1, 0.15) is 0 Å². The molecule has 0 bridgehead atoms. The summed E-state index contributed by atoms with van der Waals surface area (Å²) in [6.07, 6.45) is 1.85. The Morgan fingerprint density at radius 2 is 1.38 bits per heavy atom. The number of nitriles is 3. The fourth-order valence-electron chi connectivity index (χ4n) is 2.57. The van der Waals surface area contributed by atoms with Crippen LogP contribution in [0.15, 0.2) is 30.3 Å². The summed E-state index contributed by atoms with van der Waals surface area (Å²) in [4.78, 5) is 0. The van der Waals surface area contributed by atoms with E-state index in [1.807, 2.05) is 25.1 Å². The summed E-state index contributed by atoms with van der Waals surface area (Å²) in [6, 6.07) is 16.8. The molecule has 0 heterocycles. The molecule has 0 aliphatic carbocycles. The fourth-order valence-corrected chi connectivity index (χ4v) is 2.57. The third kappa shape index (κ3) is 5.68. The smallest absolute Gasteiger partial charge is 0.0656 e. The zero-order valence-electron chi connectivity index (χ0n) is 12.7. The van der Waals surface area contributed by atoms with Crippen molar-refractivity contribution in [2.24, 2.45) is 17.8 Å². The van der Waals surface area contributed by atoms with Crippen LogP contribution in [0, 0.1) is 51.7 Å². The van der Waals surface area contributed by atoms with Crippen molar-refractivity contribution < 1.29 is 0 Å². The molecule has 4 unspecified atom stereocenters. The lowest BCUT2D eigenvalue weighted by Crippen LogP contribution is -2.11. The van der Waals surface area contributed by atoms with Crippen LogP contribution in [-0.4, -0.2) is 0 Å². The number of hydrogen-bond acceptors (Lipinski definition) is 3. The Morgan fingerprint density at radius 3 is 1.90 bits per heavy atom. The Morgan fingerprint density at radius 1 is 0.810 bits per heavy atom. The van der Waals surface area contributed by atoms with Gasteiger partial charge < -0.3 is 0 Å². The SMILES string of the molecule is CC(C#N)CC(C#N)CC(C#N)CC(C)c1ccccc1. The van der Waals surface area contributed by atoms with Gasteiger partial charge in [0.05, 0.1) is 18.2 Å². The van der Waals surface area contributed by atoms with E-state index < -0.39 is 0 Å². The van der Waals surface area contributed by atoms with Crippen LogP contribution in [0.5, 0.6) is 0 Å². The highest BCUT2D eigenvalue weighted by molar-refractivity contribution is 5.19. The van der Waals surface area contributed by atoms with Crippen molar-refractivity contribution in [3.05, 3.63) is 35.9 Å². The highest BCUT2D eigenvalue weighted by Gasteiger charge is 2.20. The van der Waals surface area contributed by atoms with Crippen molar-refractivity contribution in [2.75, 3.05) is 0 Å². The quantitative estimate of drug-likeness (QED) is 0.742. The van der Waals surface area contributed by atoms with Crippen molar-refractivity contribution in [1.29, 1.82) is 15.8 Å². The lowest BCUT2D eigenvalue weighted by molar-refractivity contribution is 0.408. The Kier molecular flexibility index (Phi) is 7.00. The molecule has 21 heavy (non-hydrogen) atoms. The molecule has 0 saturated heterocycles. The van der Waals surface area contributed by atoms with Crippen molar-refractivity contribution in [2.45, 2.75) is 39.0 Å². The lowest BCUT2D eigenvalue weighted by Gasteiger charge is -2.18. The molecule has 0 spiro atoms. The summed E-state index contributed by atoms with van der Waals surface area (Å²) in [5, 5.41) is 27.4. The van der Waals surface area contributed by atoms with Crippen LogP contribution >= 0.6 is 0 Å². The summed E-state index contributed by atoms with van der Waals surface area (Å²) in [6.45, 7) is 3.93. The van der Waals surface area contributed by atoms with Crippen molar-refractivity contribution in [3.8, 4) is 18.2 Å². The topological polar surface area (TPSA) is 71.4 Å². The molecule has 4 atom stereocenters. The third-order valence-corrected chi connectivity index (χ3v) is 3.80. The second kappa shape index (κ2) is 8.78. The average molecular weight is 279 g/mol. The van der Waals surface area contributed by atoms with Gasteiger partial charge in [-0.1, -0.05) is 37.3 Å². The first-order valence-corrected chi connectivity index (χ1v) is 7.34. The van der Waals surface area contributed by atoms with Crippen LogP contribution in [0.2, 0.25) is 0 Å². The molecule has 3 nitrogen and oxygen atoms in total. The Bertz CT molecular complexity index is 545. The van der Waals surface area contributed by atoms with Gasteiger partial charge in [0.25, 0.3) is 0 Å². The van der Waals surface area contributed by atoms with Gasteiger partial charge in [-0.15, -0.1) is 0 Å². The van der Waals surface area contributed by atoms with E-state index in [-0.39, 0.29) is 17.8 Å². The lowest BCUT2D eigenvalue weighted by atomic mass is 9.83. The second-order valence-corrected chi connectivity index (χ2v) is 5.70. The molecule has 0 aromatic heterocycles. The van der Waals surface area contributed by atoms with Gasteiger partial charge in [0.15, 0.2) is 0 Å². The van der Waals surface area contributed by atoms with E-state index in [0.717, 1.165) is 6.42 Å². The first-order valence-electron chi connectivity index (χ1n) is 7.34. The van der Waals surface area contributed by atoms with E-state index in [2.05, 4.69) is 37.3 Å². The zero-order valence-corrected chi connectivity index (χ0v) is 12.7. The molecule has 0 radical (unpaired) electrons. The molecule has 108 valence electrons. The molecule has 0 aliphatic heterocycles. The first kappa shape index (κ1) is 16.7. The largest absolute Gasteiger partial charge is 0.198 e. The van der Waals surface area contributed by atoms with Crippen molar-refractivity contribution in [3.63, 3.8) is 0 Å². The van der Waals surface area contributed by atoms with E-state index in [0.29, 0.717) is 18.8 Å². The summed E-state index contributed by atoms with van der Waals surface area (Å²) in [7, 11) is 0. The van der Waals surface area contributed by atoms with Crippen LogP contribution in [0.1, 0.15) is 44.6 Å². The summed E-state index contributed by atoms with van der Waals surface area (Å²) in [5.74, 6) is -0.202. The molecule has 1 aromatic carbocycles. The minimum Gasteiger partial charge on any atom is -0.198 e. The highest BCUT2D eigenvalue weighted by Crippen LogP contribution is 2.28. The van der Waals surface area contributed by atoms with Crippen LogP contribution in [0.3, 0.4) is 0 Å². The normalized spacial score (nSPS) is 15.8. The number of nitrogens with zero attached hydrogens (tertiary/aromatic N) is 3. The van der Waals surface area contributed by atoms with Gasteiger partial charge in [-0.2, -0.15) is 15.8 Å². The number of benzene rings is 1. The molecule has 3 heteroatoms. The molecule has 1 aromatic rings. The zero-order chi connectivity index (χ0) is 15.7. The summed E-state index contributed by atoms with van der Waals surface area (Å²) in [5.41, 5.74) is 1.22. The van der Waals surface area contributed by atoms with Gasteiger partial charge in [0.2, 0.25) is 0 Å². The average Bonchev–Trinajstić information content (AvgIpc) is 2.53. The molecule has 0 N–H and O–H groups in total. The number of rotatable bonds is 7. The molecule has 1 rings (SSSR count). The minimum atomic E-state index is -0.215. The molecule has 0 saturated carbocycles. The third-order valence-electron chi connectivity index (χ3n) is 3.80. The fraction of sp³-hybridized carbons (Fsp3) is 0.500. The Hall–Kier alpha value is -2.31. The molecular formula is C18H21N3. The molecular weight excluding hydrogens is 258 g/mol. The van der Waals surface area contributed by atoms with Crippen LogP contribution in [-0.2, 0) is 0 Å². The van der Waals surface area contributed by atoms with Gasteiger partial charge in [0, 0.05) is 17.8 Å². The maximum absolute atomic E-state index is 9.33. The van der Waals surface area contributed by atoms with Gasteiger partial charge >= 0.3 is 0 Å². The van der Waals surface area contributed by atoms with Crippen molar-refractivity contribution in [1.82, 2.24) is 0 Å². The highest BCUT2D eigenvalue weighted by atomic mass is 14.3. The van der Waals surface area contributed by atoms with Gasteiger partial charge in [-0.05, 0) is 37.7 Å². The van der Waals surface area contributed by atoms with Crippen LogP contribution < -0.4 is 0 Å². The Balaban J connectivity index is 2.61. The van der Waals surface area contributed by atoms with Gasteiger partial charge in [-0.3, -0.25) is 0 Å². The molecule has 0 fully saturated rings. The van der Waals surface area contributed by atoms with E-state index in [4.69, 9.17) is 5.26 Å². The van der Waals surface area contributed by atoms with E-state index in [1.54, 1.807) is 0 Å². The predicted octanol–water partition coefficient (Wildman–Crippen LogP) is 4.40. The Labute approximate surface area is 127 Å². The molecule has 0 amide bonds. The summed E-state index contributed by atoms with van der Waals surface area (Å²) < 4.78 is 0. The maximum Gasteiger partial charge on any atom is 0.0656 e. The minimum absolute atomic E-state index is 0.138. The predicted molar refractivity (Wildman–Crippen MR) is 81.7 cm³/mol. The van der Waals surface area contributed by atoms with E-state index >= 15 is 0 Å². The maximum atomic E-state index is 9.33. The van der Waals surface area contributed by atoms with Crippen molar-refractivity contribution >= 4 is 0 Å². The monoisotopic (exact) mass is 279 g/mol. The second-order valence-electron chi connectivity index (χ2n) is 5.70. The van der Waals surface area contributed by atoms with E-state index in [9.17, 15) is 10.5 Å². The standard InChI is InChI=1S/C18H21N3/c1-14(11-19)8-16(12-20)10-17(13-21)9-15(2)18-6-4-3-5-7-18/h3-7,14-17H,8-10H2,1-2H3. The first-order chi connectivity index (χ1) is 10.1. The van der Waals surface area contributed by atoms with Gasteiger partial charge in [-0.25, -0.2) is 0 Å². The van der Waals surface area contributed by atoms with Crippen LogP contribution in [0.25, 0.3) is 0 Å². The molecule has 0 aliphatic rings. The van der Waals surface area contributed by atoms with Crippen LogP contribution in [0.4, 0.5) is 0 Å². The summed E-state index contributed by atoms with van der Waals surface area (Å²) >= 11 is 0. The van der Waals surface area contributed by atoms with E-state index in [1.165, 1.54) is 5.56 Å². The number of hydrogen-bond donors (Lipinski definition) is 0.